The first-order valence-corrected chi connectivity index (χ1v) is 6.68. The summed E-state index contributed by atoms with van der Waals surface area (Å²) in [4.78, 5) is 16.1. The maximum Gasteiger partial charge on any atom is 1.00 e. The molecular formula is C12H10N6NaOS+. The largest absolute Gasteiger partial charge is 1.00 e. The fourth-order valence-corrected chi connectivity index (χ4v) is 2.35. The molecule has 0 radical (unpaired) electrons. The van der Waals surface area contributed by atoms with Crippen molar-refractivity contribution in [3.05, 3.63) is 41.0 Å². The van der Waals surface area contributed by atoms with Gasteiger partial charge in [0.25, 0.3) is 11.7 Å². The summed E-state index contributed by atoms with van der Waals surface area (Å²) in [5.74, 6) is 0.00904. The molecule has 2 heterocycles. The molecule has 0 aliphatic rings. The van der Waals surface area contributed by atoms with Crippen LogP contribution in [0.25, 0.3) is 10.6 Å². The summed E-state index contributed by atoms with van der Waals surface area (Å²) in [5.41, 5.74) is 2.21. The molecule has 3 aromatic rings. The van der Waals surface area contributed by atoms with Crippen LogP contribution >= 0.6 is 11.3 Å². The van der Waals surface area contributed by atoms with Crippen molar-refractivity contribution >= 4 is 23.1 Å². The summed E-state index contributed by atoms with van der Waals surface area (Å²) in [6, 6.07) is 8.04. The summed E-state index contributed by atoms with van der Waals surface area (Å²) >= 11 is 1.46. The average molecular weight is 309 g/mol. The molecule has 0 unspecified atom stereocenters. The fourth-order valence-electron chi connectivity index (χ4n) is 1.59. The molecule has 0 fully saturated rings. The van der Waals surface area contributed by atoms with Gasteiger partial charge in [0.05, 0.1) is 0 Å². The minimum Gasteiger partial charge on any atom is -0.303 e. The van der Waals surface area contributed by atoms with Crippen LogP contribution in [0.15, 0.2) is 29.6 Å². The monoisotopic (exact) mass is 309 g/mol. The second-order valence-electron chi connectivity index (χ2n) is 4.09. The smallest absolute Gasteiger partial charge is 0.303 e. The molecule has 100 valence electrons. The number of carbonyl (C=O) groups excluding carboxylic acids is 1. The summed E-state index contributed by atoms with van der Waals surface area (Å²) in [5, 5.41) is 18.0. The Kier molecular flexibility index (Phi) is 5.18. The molecule has 9 heteroatoms. The molecule has 0 saturated heterocycles. The minimum absolute atomic E-state index is 0. The van der Waals surface area contributed by atoms with Crippen molar-refractivity contribution in [3.63, 3.8) is 0 Å². The van der Waals surface area contributed by atoms with Gasteiger partial charge in [-0.25, -0.2) is 4.98 Å². The van der Waals surface area contributed by atoms with Gasteiger partial charge >= 0.3 is 29.6 Å². The zero-order valence-corrected chi connectivity index (χ0v) is 14.3. The van der Waals surface area contributed by atoms with Crippen LogP contribution in [0.1, 0.15) is 16.2 Å². The summed E-state index contributed by atoms with van der Waals surface area (Å²) in [6.07, 6.45) is 0. The number of hydrogen-bond donors (Lipinski definition) is 2. The molecular weight excluding hydrogens is 299 g/mol. The van der Waals surface area contributed by atoms with Crippen LogP contribution in [0.5, 0.6) is 0 Å². The Bertz CT molecular complexity index is 725. The van der Waals surface area contributed by atoms with Crippen molar-refractivity contribution in [2.45, 2.75) is 6.92 Å². The second kappa shape index (κ2) is 6.90. The fraction of sp³-hybridized carbons (Fsp3) is 0.0833. The predicted molar refractivity (Wildman–Crippen MR) is 74.4 cm³/mol. The minimum atomic E-state index is -0.445. The van der Waals surface area contributed by atoms with E-state index < -0.39 is 5.91 Å². The Morgan fingerprint density at radius 3 is 2.71 bits per heavy atom. The molecule has 0 spiro atoms. The maximum atomic E-state index is 11.7. The molecule has 0 atom stereocenters. The zero-order valence-electron chi connectivity index (χ0n) is 11.5. The Morgan fingerprint density at radius 1 is 1.29 bits per heavy atom. The molecule has 1 amide bonds. The van der Waals surface area contributed by atoms with Crippen LogP contribution in [0.4, 0.5) is 5.82 Å². The number of nitrogens with zero attached hydrogens (tertiary/aromatic N) is 4. The molecule has 21 heavy (non-hydrogen) atoms. The average Bonchev–Trinajstić information content (AvgIpc) is 3.10. The van der Waals surface area contributed by atoms with E-state index in [9.17, 15) is 4.79 Å². The third-order valence-corrected chi connectivity index (χ3v) is 3.48. The molecule has 2 N–H and O–H groups in total. The van der Waals surface area contributed by atoms with Crippen LogP contribution < -0.4 is 34.9 Å². The van der Waals surface area contributed by atoms with Gasteiger partial charge in [-0.3, -0.25) is 4.79 Å². The molecule has 7 nitrogen and oxygen atoms in total. The quantitative estimate of drug-likeness (QED) is 0.598. The van der Waals surface area contributed by atoms with Crippen molar-refractivity contribution in [3.8, 4) is 10.6 Å². The van der Waals surface area contributed by atoms with Crippen molar-refractivity contribution in [1.82, 2.24) is 25.6 Å². The molecule has 1 aromatic carbocycles. The molecule has 2 aromatic heterocycles. The van der Waals surface area contributed by atoms with Gasteiger partial charge < -0.3 is 5.32 Å². The van der Waals surface area contributed by atoms with E-state index >= 15 is 0 Å². The number of thiazole rings is 1. The molecule has 0 aliphatic carbocycles. The van der Waals surface area contributed by atoms with Gasteiger partial charge in [0, 0.05) is 10.9 Å². The Hall–Kier alpha value is -1.61. The Balaban J connectivity index is 0.00000161. The summed E-state index contributed by atoms with van der Waals surface area (Å²) in [7, 11) is 0. The molecule has 0 saturated carbocycles. The first kappa shape index (κ1) is 15.8. The third kappa shape index (κ3) is 3.73. The number of amides is 1. The van der Waals surface area contributed by atoms with E-state index in [1.807, 2.05) is 31.2 Å². The number of aryl methyl sites for hydroxylation is 1. The van der Waals surface area contributed by atoms with E-state index in [0.29, 0.717) is 5.82 Å². The first-order valence-electron chi connectivity index (χ1n) is 5.80. The van der Waals surface area contributed by atoms with Crippen molar-refractivity contribution in [2.75, 3.05) is 5.32 Å². The SMILES string of the molecule is Cc1ccc(-c2nc(NC(=O)c3nn[nH]n3)cs2)cc1.[Na+]. The van der Waals surface area contributed by atoms with Crippen LogP contribution in [-0.4, -0.2) is 31.5 Å². The van der Waals surface area contributed by atoms with Crippen LogP contribution in [0.2, 0.25) is 0 Å². The van der Waals surface area contributed by atoms with Gasteiger partial charge in [0.2, 0.25) is 0 Å². The number of benzene rings is 1. The van der Waals surface area contributed by atoms with Gasteiger partial charge in [-0.15, -0.1) is 21.5 Å². The second-order valence-corrected chi connectivity index (χ2v) is 4.95. The molecule has 0 bridgehead atoms. The standard InChI is InChI=1S/C12H10N6OS.Na/c1-7-2-4-8(5-3-7)12-14-9(6-20-12)13-11(19)10-15-17-18-16-10;/h2-6H,1H3,(H,13,19)(H,15,16,17,18);/q;+1. The number of anilines is 1. The third-order valence-electron chi connectivity index (χ3n) is 2.59. The normalized spacial score (nSPS) is 9.95. The maximum absolute atomic E-state index is 11.7. The van der Waals surface area contributed by atoms with Gasteiger partial charge in [-0.1, -0.05) is 29.8 Å². The van der Waals surface area contributed by atoms with Crippen LogP contribution in [0.3, 0.4) is 0 Å². The predicted octanol–water partition coefficient (Wildman–Crippen LogP) is -1.11. The summed E-state index contributed by atoms with van der Waals surface area (Å²) < 4.78 is 0. The van der Waals surface area contributed by atoms with Crippen LogP contribution in [0, 0.1) is 6.92 Å². The van der Waals surface area contributed by atoms with E-state index in [4.69, 9.17) is 0 Å². The van der Waals surface area contributed by atoms with Gasteiger partial charge in [0.1, 0.15) is 10.8 Å². The van der Waals surface area contributed by atoms with E-state index in [-0.39, 0.29) is 35.4 Å². The van der Waals surface area contributed by atoms with E-state index in [2.05, 4.69) is 30.9 Å². The van der Waals surface area contributed by atoms with E-state index in [1.54, 1.807) is 5.38 Å². The van der Waals surface area contributed by atoms with Gasteiger partial charge in [-0.2, -0.15) is 5.21 Å². The number of tetrazole rings is 1. The first-order chi connectivity index (χ1) is 9.72. The topological polar surface area (TPSA) is 96.5 Å². The number of nitrogens with one attached hydrogen (secondary N) is 2. The zero-order chi connectivity index (χ0) is 13.9. The van der Waals surface area contributed by atoms with Crippen LogP contribution in [-0.2, 0) is 0 Å². The van der Waals surface area contributed by atoms with Gasteiger partial charge in [-0.05, 0) is 12.1 Å². The van der Waals surface area contributed by atoms with E-state index in [1.165, 1.54) is 16.9 Å². The number of hydrogen-bond acceptors (Lipinski definition) is 6. The van der Waals surface area contributed by atoms with E-state index in [0.717, 1.165) is 10.6 Å². The van der Waals surface area contributed by atoms with Crippen molar-refractivity contribution < 1.29 is 34.4 Å². The summed E-state index contributed by atoms with van der Waals surface area (Å²) in [6.45, 7) is 2.03. The number of aromatic nitrogens is 5. The number of rotatable bonds is 3. The van der Waals surface area contributed by atoms with Crippen molar-refractivity contribution in [1.29, 1.82) is 0 Å². The number of carbonyl (C=O) groups is 1. The number of aromatic amines is 1. The number of H-pyrrole nitrogens is 1. The van der Waals surface area contributed by atoms with Gasteiger partial charge in [0.15, 0.2) is 0 Å². The molecule has 0 aliphatic heterocycles. The van der Waals surface area contributed by atoms with Crippen molar-refractivity contribution in [2.24, 2.45) is 0 Å². The molecule has 3 rings (SSSR count). The Morgan fingerprint density at radius 2 is 2.05 bits per heavy atom. The Labute approximate surface area is 146 Å².